The molecule has 0 amide bonds. The fourth-order valence-electron chi connectivity index (χ4n) is 2.73. The zero-order valence-corrected chi connectivity index (χ0v) is 8.12. The van der Waals surface area contributed by atoms with Crippen LogP contribution in [0.1, 0.15) is 19.3 Å². The second-order valence-corrected chi connectivity index (χ2v) is 4.49. The Kier molecular flexibility index (Phi) is 2.37. The van der Waals surface area contributed by atoms with Gasteiger partial charge < -0.3 is 9.64 Å². The van der Waals surface area contributed by atoms with Crippen molar-refractivity contribution in [1.82, 2.24) is 4.90 Å². The molecule has 3 atom stereocenters. The van der Waals surface area contributed by atoms with E-state index in [1.807, 2.05) is 0 Å². The predicted octanol–water partition coefficient (Wildman–Crippen LogP) is 1.36. The molecule has 0 spiro atoms. The number of rotatable bonds is 2. The topological polar surface area (TPSA) is 12.5 Å². The largest absolute Gasteiger partial charge is 0.378 e. The average Bonchev–Trinajstić information content (AvgIpc) is 2.52. The average molecular weight is 169 g/mol. The molecule has 70 valence electrons. The van der Waals surface area contributed by atoms with E-state index < -0.39 is 0 Å². The molecule has 2 heteroatoms. The smallest absolute Gasteiger partial charge is 0.0607 e. The molecule has 1 heterocycles. The Bertz CT molecular complexity index is 158. The number of nitrogens with zero attached hydrogens (tertiary/aromatic N) is 1. The Morgan fingerprint density at radius 1 is 1.33 bits per heavy atom. The maximum Gasteiger partial charge on any atom is 0.0607 e. The minimum absolute atomic E-state index is 0.620. The first kappa shape index (κ1) is 8.52. The molecule has 0 aromatic rings. The second-order valence-electron chi connectivity index (χ2n) is 4.49. The molecular formula is C10H19NO. The van der Waals surface area contributed by atoms with Crippen molar-refractivity contribution >= 4 is 0 Å². The van der Waals surface area contributed by atoms with Gasteiger partial charge in [0.1, 0.15) is 0 Å². The first-order valence-corrected chi connectivity index (χ1v) is 5.03. The third-order valence-corrected chi connectivity index (χ3v) is 3.23. The van der Waals surface area contributed by atoms with E-state index in [1.165, 1.54) is 25.8 Å². The van der Waals surface area contributed by atoms with Crippen molar-refractivity contribution in [3.8, 4) is 0 Å². The van der Waals surface area contributed by atoms with Crippen LogP contribution in [0.3, 0.4) is 0 Å². The van der Waals surface area contributed by atoms with Gasteiger partial charge in [-0.05, 0) is 32.9 Å². The van der Waals surface area contributed by atoms with E-state index >= 15 is 0 Å². The fraction of sp³-hybridized carbons (Fsp3) is 1.00. The summed E-state index contributed by atoms with van der Waals surface area (Å²) in [6.07, 6.45) is 4.73. The molecule has 1 aliphatic carbocycles. The Balaban J connectivity index is 1.91. The van der Waals surface area contributed by atoms with Gasteiger partial charge in [-0.3, -0.25) is 0 Å². The van der Waals surface area contributed by atoms with Crippen LogP contribution in [0.15, 0.2) is 0 Å². The molecule has 12 heavy (non-hydrogen) atoms. The molecule has 0 radical (unpaired) electrons. The van der Waals surface area contributed by atoms with Gasteiger partial charge in [0.2, 0.25) is 0 Å². The van der Waals surface area contributed by atoms with Crippen LogP contribution < -0.4 is 0 Å². The molecule has 0 aromatic carbocycles. The van der Waals surface area contributed by atoms with Crippen LogP contribution in [0.2, 0.25) is 0 Å². The van der Waals surface area contributed by atoms with E-state index in [2.05, 4.69) is 19.0 Å². The van der Waals surface area contributed by atoms with Crippen LogP contribution in [-0.2, 0) is 4.74 Å². The summed E-state index contributed by atoms with van der Waals surface area (Å²) in [6.45, 7) is 2.22. The summed E-state index contributed by atoms with van der Waals surface area (Å²) in [5.41, 5.74) is 0. The van der Waals surface area contributed by atoms with Crippen molar-refractivity contribution in [2.24, 2.45) is 11.8 Å². The van der Waals surface area contributed by atoms with Gasteiger partial charge in [0.05, 0.1) is 12.7 Å². The third-order valence-electron chi connectivity index (χ3n) is 3.23. The lowest BCUT2D eigenvalue weighted by Gasteiger charge is -2.19. The van der Waals surface area contributed by atoms with Crippen LogP contribution in [-0.4, -0.2) is 38.3 Å². The Hall–Kier alpha value is -0.0800. The maximum atomic E-state index is 5.76. The first-order valence-electron chi connectivity index (χ1n) is 5.03. The van der Waals surface area contributed by atoms with Gasteiger partial charge in [0.15, 0.2) is 0 Å². The van der Waals surface area contributed by atoms with Crippen LogP contribution in [0.5, 0.6) is 0 Å². The highest BCUT2D eigenvalue weighted by molar-refractivity contribution is 4.89. The lowest BCUT2D eigenvalue weighted by atomic mass is 9.92. The van der Waals surface area contributed by atoms with Gasteiger partial charge in [-0.2, -0.15) is 0 Å². The van der Waals surface area contributed by atoms with Gasteiger partial charge in [-0.15, -0.1) is 0 Å². The minimum Gasteiger partial charge on any atom is -0.378 e. The van der Waals surface area contributed by atoms with E-state index in [0.29, 0.717) is 6.10 Å². The molecule has 1 aliphatic heterocycles. The van der Waals surface area contributed by atoms with Gasteiger partial charge in [-0.1, -0.05) is 6.42 Å². The molecule has 2 aliphatic rings. The van der Waals surface area contributed by atoms with Crippen molar-refractivity contribution in [3.05, 3.63) is 0 Å². The maximum absolute atomic E-state index is 5.76. The van der Waals surface area contributed by atoms with Crippen LogP contribution >= 0.6 is 0 Å². The number of hydrogen-bond acceptors (Lipinski definition) is 2. The quantitative estimate of drug-likeness (QED) is 0.619. The highest BCUT2D eigenvalue weighted by Gasteiger charge is 2.39. The summed E-state index contributed by atoms with van der Waals surface area (Å²) in [7, 11) is 4.31. The minimum atomic E-state index is 0.620. The van der Waals surface area contributed by atoms with Crippen LogP contribution in [0, 0.1) is 11.8 Å². The monoisotopic (exact) mass is 169 g/mol. The SMILES string of the molecule is CN(C)CC1CO[C@@H]2CCCC12. The van der Waals surface area contributed by atoms with E-state index in [9.17, 15) is 0 Å². The molecule has 1 saturated heterocycles. The standard InChI is InChI=1S/C10H19NO/c1-11(2)6-8-7-12-10-5-3-4-9(8)10/h8-10H,3-7H2,1-2H3/t8?,9?,10-/m1/s1. The van der Waals surface area contributed by atoms with Crippen molar-refractivity contribution < 1.29 is 4.74 Å². The second kappa shape index (κ2) is 3.35. The highest BCUT2D eigenvalue weighted by atomic mass is 16.5. The van der Waals surface area contributed by atoms with Gasteiger partial charge in [-0.25, -0.2) is 0 Å². The lowest BCUT2D eigenvalue weighted by molar-refractivity contribution is 0.0993. The predicted molar refractivity (Wildman–Crippen MR) is 49.1 cm³/mol. The zero-order chi connectivity index (χ0) is 8.55. The van der Waals surface area contributed by atoms with Crippen LogP contribution in [0.4, 0.5) is 0 Å². The van der Waals surface area contributed by atoms with Crippen molar-refractivity contribution in [2.45, 2.75) is 25.4 Å². The molecule has 0 aromatic heterocycles. The first-order chi connectivity index (χ1) is 5.77. The molecule has 2 unspecified atom stereocenters. The molecular weight excluding hydrogens is 150 g/mol. The molecule has 2 nitrogen and oxygen atoms in total. The van der Waals surface area contributed by atoms with Crippen LogP contribution in [0.25, 0.3) is 0 Å². The lowest BCUT2D eigenvalue weighted by Crippen LogP contribution is -2.26. The van der Waals surface area contributed by atoms with E-state index in [4.69, 9.17) is 4.74 Å². The molecule has 1 saturated carbocycles. The van der Waals surface area contributed by atoms with E-state index in [1.54, 1.807) is 0 Å². The van der Waals surface area contributed by atoms with E-state index in [0.717, 1.165) is 18.4 Å². The molecule has 2 fully saturated rings. The van der Waals surface area contributed by atoms with Crippen molar-refractivity contribution in [1.29, 1.82) is 0 Å². The Morgan fingerprint density at radius 3 is 2.92 bits per heavy atom. The normalized spacial score (nSPS) is 40.8. The number of hydrogen-bond donors (Lipinski definition) is 0. The fourth-order valence-corrected chi connectivity index (χ4v) is 2.73. The number of fused-ring (bicyclic) bond motifs is 1. The van der Waals surface area contributed by atoms with Gasteiger partial charge in [0, 0.05) is 12.5 Å². The molecule has 2 rings (SSSR count). The summed E-state index contributed by atoms with van der Waals surface area (Å²) in [5, 5.41) is 0. The summed E-state index contributed by atoms with van der Waals surface area (Å²) in [5.74, 6) is 1.69. The van der Waals surface area contributed by atoms with Crippen molar-refractivity contribution in [2.75, 3.05) is 27.2 Å². The summed E-state index contributed by atoms with van der Waals surface area (Å²) < 4.78 is 5.76. The summed E-state index contributed by atoms with van der Waals surface area (Å²) in [6, 6.07) is 0. The molecule has 0 bridgehead atoms. The van der Waals surface area contributed by atoms with E-state index in [-0.39, 0.29) is 0 Å². The Morgan fingerprint density at radius 2 is 2.17 bits per heavy atom. The number of ether oxygens (including phenoxy) is 1. The third kappa shape index (κ3) is 1.50. The molecule has 0 N–H and O–H groups in total. The summed E-state index contributed by atoms with van der Waals surface area (Å²) in [4.78, 5) is 2.29. The van der Waals surface area contributed by atoms with Crippen molar-refractivity contribution in [3.63, 3.8) is 0 Å². The van der Waals surface area contributed by atoms with Gasteiger partial charge >= 0.3 is 0 Å². The Labute approximate surface area is 74.9 Å². The van der Waals surface area contributed by atoms with Gasteiger partial charge in [0.25, 0.3) is 0 Å². The summed E-state index contributed by atoms with van der Waals surface area (Å²) >= 11 is 0. The highest BCUT2D eigenvalue weighted by Crippen LogP contribution is 2.39. The zero-order valence-electron chi connectivity index (χ0n) is 8.12.